The highest BCUT2D eigenvalue weighted by Gasteiger charge is 2.15. The number of rotatable bonds is 6. The molecular formula is C15H23FN2O2. The largest absolute Gasteiger partial charge is 0.389 e. The molecule has 0 unspecified atom stereocenters. The summed E-state index contributed by atoms with van der Waals surface area (Å²) in [6, 6.07) is 4.64. The van der Waals surface area contributed by atoms with Gasteiger partial charge < -0.3 is 15.3 Å². The van der Waals surface area contributed by atoms with Gasteiger partial charge in [0, 0.05) is 12.6 Å². The molecule has 0 saturated heterocycles. The second-order valence-electron chi connectivity index (χ2n) is 5.12. The van der Waals surface area contributed by atoms with Crippen molar-refractivity contribution in [3.8, 4) is 0 Å². The Kier molecular flexibility index (Phi) is 5.95. The molecule has 20 heavy (non-hydrogen) atoms. The smallest absolute Gasteiger partial charge is 0.239 e. The van der Waals surface area contributed by atoms with Crippen LogP contribution in [0.3, 0.4) is 0 Å². The summed E-state index contributed by atoms with van der Waals surface area (Å²) in [6.07, 6.45) is -0.710. The number of amides is 1. The predicted molar refractivity (Wildman–Crippen MR) is 78.2 cm³/mol. The molecule has 1 aromatic carbocycles. The first-order valence-electron chi connectivity index (χ1n) is 6.87. The number of aliphatic hydroxyl groups is 1. The van der Waals surface area contributed by atoms with Crippen molar-refractivity contribution in [2.75, 3.05) is 18.0 Å². The van der Waals surface area contributed by atoms with Gasteiger partial charge in [0.05, 0.1) is 18.3 Å². The first-order valence-corrected chi connectivity index (χ1v) is 6.87. The van der Waals surface area contributed by atoms with Gasteiger partial charge in [-0.1, -0.05) is 6.07 Å². The number of hydrogen-bond donors (Lipinski definition) is 2. The van der Waals surface area contributed by atoms with E-state index in [-0.39, 0.29) is 18.5 Å². The number of aliphatic hydroxyl groups excluding tert-OH is 1. The fourth-order valence-corrected chi connectivity index (χ4v) is 1.95. The quantitative estimate of drug-likeness (QED) is 0.841. The van der Waals surface area contributed by atoms with Crippen LogP contribution in [0.2, 0.25) is 0 Å². The Morgan fingerprint density at radius 1 is 1.40 bits per heavy atom. The van der Waals surface area contributed by atoms with Crippen molar-refractivity contribution in [1.29, 1.82) is 0 Å². The molecule has 0 aliphatic carbocycles. The highest BCUT2D eigenvalue weighted by atomic mass is 19.1. The highest BCUT2D eigenvalue weighted by molar-refractivity contribution is 5.81. The number of nitrogens with zero attached hydrogens (tertiary/aromatic N) is 1. The Balaban J connectivity index is 2.87. The summed E-state index contributed by atoms with van der Waals surface area (Å²) < 4.78 is 14.1. The number of hydrogen-bond acceptors (Lipinski definition) is 3. The number of halogens is 1. The molecule has 1 amide bonds. The fourth-order valence-electron chi connectivity index (χ4n) is 1.95. The van der Waals surface area contributed by atoms with Gasteiger partial charge in [-0.25, -0.2) is 4.39 Å². The summed E-state index contributed by atoms with van der Waals surface area (Å²) in [5, 5.41) is 12.2. The molecule has 0 aliphatic heterocycles. The third-order valence-corrected chi connectivity index (χ3v) is 2.96. The molecule has 1 aromatic rings. The lowest BCUT2D eigenvalue weighted by molar-refractivity contribution is -0.120. The molecule has 5 heteroatoms. The number of carbonyl (C=O) groups excluding carboxylic acids is 1. The van der Waals surface area contributed by atoms with E-state index in [0.717, 1.165) is 0 Å². The van der Waals surface area contributed by atoms with E-state index in [2.05, 4.69) is 5.32 Å². The molecule has 0 aromatic heterocycles. The average molecular weight is 282 g/mol. The van der Waals surface area contributed by atoms with Gasteiger partial charge in [-0.15, -0.1) is 0 Å². The van der Waals surface area contributed by atoms with Crippen LogP contribution >= 0.6 is 0 Å². The lowest BCUT2D eigenvalue weighted by Gasteiger charge is -2.24. The van der Waals surface area contributed by atoms with Crippen molar-refractivity contribution in [1.82, 2.24) is 5.32 Å². The maximum absolute atomic E-state index is 14.1. The van der Waals surface area contributed by atoms with Crippen LogP contribution in [-0.4, -0.2) is 30.1 Å². The Morgan fingerprint density at radius 2 is 2.05 bits per heavy atom. The summed E-state index contributed by atoms with van der Waals surface area (Å²) in [6.45, 7) is 7.85. The van der Waals surface area contributed by atoms with Gasteiger partial charge in [0.2, 0.25) is 5.91 Å². The number of benzene rings is 1. The van der Waals surface area contributed by atoms with E-state index in [0.29, 0.717) is 17.8 Å². The van der Waals surface area contributed by atoms with E-state index < -0.39 is 11.9 Å². The van der Waals surface area contributed by atoms with Crippen LogP contribution in [0.4, 0.5) is 10.1 Å². The van der Waals surface area contributed by atoms with E-state index >= 15 is 0 Å². The summed E-state index contributed by atoms with van der Waals surface area (Å²) >= 11 is 0. The van der Waals surface area contributed by atoms with E-state index in [1.165, 1.54) is 6.07 Å². The molecule has 0 heterocycles. The zero-order chi connectivity index (χ0) is 15.3. The molecule has 0 aliphatic rings. The molecule has 0 fully saturated rings. The van der Waals surface area contributed by atoms with Gasteiger partial charge in [-0.05, 0) is 45.4 Å². The van der Waals surface area contributed by atoms with Crippen molar-refractivity contribution < 1.29 is 14.3 Å². The average Bonchev–Trinajstić information content (AvgIpc) is 2.35. The van der Waals surface area contributed by atoms with Crippen LogP contribution in [0, 0.1) is 5.82 Å². The van der Waals surface area contributed by atoms with Crippen molar-refractivity contribution in [3.05, 3.63) is 29.6 Å². The number of anilines is 1. The summed E-state index contributed by atoms with van der Waals surface area (Å²) in [5.41, 5.74) is 0.893. The minimum atomic E-state index is -0.710. The number of nitrogens with one attached hydrogen (secondary N) is 1. The molecule has 2 N–H and O–H groups in total. The lowest BCUT2D eigenvalue weighted by atomic mass is 10.1. The topological polar surface area (TPSA) is 52.6 Å². The van der Waals surface area contributed by atoms with Crippen LogP contribution in [-0.2, 0) is 4.79 Å². The highest BCUT2D eigenvalue weighted by Crippen LogP contribution is 2.23. The van der Waals surface area contributed by atoms with Crippen molar-refractivity contribution in [3.63, 3.8) is 0 Å². The van der Waals surface area contributed by atoms with Gasteiger partial charge >= 0.3 is 0 Å². The standard InChI is InChI=1S/C15H23FN2O2/c1-5-18(9-15(20)17-10(2)3)14-7-6-12(11(4)19)8-13(14)16/h6-8,10-11,19H,5,9H2,1-4H3,(H,17,20)/t11-/m1/s1. The zero-order valence-electron chi connectivity index (χ0n) is 12.5. The van der Waals surface area contributed by atoms with Crippen LogP contribution in [0.15, 0.2) is 18.2 Å². The summed E-state index contributed by atoms with van der Waals surface area (Å²) in [4.78, 5) is 13.4. The minimum absolute atomic E-state index is 0.0590. The summed E-state index contributed by atoms with van der Waals surface area (Å²) in [5.74, 6) is -0.566. The van der Waals surface area contributed by atoms with Gasteiger partial charge in [0.15, 0.2) is 0 Å². The molecule has 0 radical (unpaired) electrons. The minimum Gasteiger partial charge on any atom is -0.389 e. The molecule has 1 rings (SSSR count). The van der Waals surface area contributed by atoms with Crippen LogP contribution < -0.4 is 10.2 Å². The summed E-state index contributed by atoms with van der Waals surface area (Å²) in [7, 11) is 0. The van der Waals surface area contributed by atoms with Crippen molar-refractivity contribution in [2.45, 2.75) is 39.8 Å². The maximum Gasteiger partial charge on any atom is 0.239 e. The van der Waals surface area contributed by atoms with E-state index in [1.807, 2.05) is 20.8 Å². The zero-order valence-corrected chi connectivity index (χ0v) is 12.5. The van der Waals surface area contributed by atoms with Crippen LogP contribution in [0.1, 0.15) is 39.4 Å². The van der Waals surface area contributed by atoms with Crippen molar-refractivity contribution >= 4 is 11.6 Å². The van der Waals surface area contributed by atoms with E-state index in [4.69, 9.17) is 0 Å². The Bertz CT molecular complexity index is 461. The van der Waals surface area contributed by atoms with Gasteiger partial charge in [0.1, 0.15) is 5.82 Å². The molecule has 0 spiro atoms. The fraction of sp³-hybridized carbons (Fsp3) is 0.533. The molecule has 1 atom stereocenters. The van der Waals surface area contributed by atoms with E-state index in [9.17, 15) is 14.3 Å². The number of carbonyl (C=O) groups is 1. The predicted octanol–water partition coefficient (Wildman–Crippen LogP) is 2.23. The first kappa shape index (κ1) is 16.4. The van der Waals surface area contributed by atoms with Crippen molar-refractivity contribution in [2.24, 2.45) is 0 Å². The molecule has 4 nitrogen and oxygen atoms in total. The van der Waals surface area contributed by atoms with E-state index in [1.54, 1.807) is 24.0 Å². The maximum atomic E-state index is 14.1. The molecule has 112 valence electrons. The molecule has 0 bridgehead atoms. The Labute approximate surface area is 119 Å². The Hall–Kier alpha value is -1.62. The van der Waals surface area contributed by atoms with Crippen LogP contribution in [0.25, 0.3) is 0 Å². The SMILES string of the molecule is CCN(CC(=O)NC(C)C)c1ccc([C@@H](C)O)cc1F. The third-order valence-electron chi connectivity index (χ3n) is 2.96. The monoisotopic (exact) mass is 282 g/mol. The van der Waals surface area contributed by atoms with Gasteiger partial charge in [-0.2, -0.15) is 0 Å². The normalized spacial score (nSPS) is 12.3. The first-order chi connectivity index (χ1) is 9.35. The number of likely N-dealkylation sites (N-methyl/N-ethyl adjacent to an activating group) is 1. The molecular weight excluding hydrogens is 259 g/mol. The van der Waals surface area contributed by atoms with Gasteiger partial charge in [-0.3, -0.25) is 4.79 Å². The second-order valence-corrected chi connectivity index (χ2v) is 5.12. The third kappa shape index (κ3) is 4.49. The lowest BCUT2D eigenvalue weighted by Crippen LogP contribution is -2.40. The van der Waals surface area contributed by atoms with Crippen LogP contribution in [0.5, 0.6) is 0 Å². The van der Waals surface area contributed by atoms with Gasteiger partial charge in [0.25, 0.3) is 0 Å². The Morgan fingerprint density at radius 3 is 2.50 bits per heavy atom. The molecule has 0 saturated carbocycles. The second kappa shape index (κ2) is 7.24.